The lowest BCUT2D eigenvalue weighted by molar-refractivity contribution is -0.112. The van der Waals surface area contributed by atoms with Crippen molar-refractivity contribution >= 4 is 6.03 Å². The van der Waals surface area contributed by atoms with Crippen molar-refractivity contribution in [3.8, 4) is 11.5 Å². The first-order chi connectivity index (χ1) is 17.6. The van der Waals surface area contributed by atoms with E-state index in [0.29, 0.717) is 13.1 Å². The molecule has 2 N–H and O–H groups in total. The molecule has 7 nitrogen and oxygen atoms in total. The molecule has 0 aromatic heterocycles. The summed E-state index contributed by atoms with van der Waals surface area (Å²) >= 11 is 0. The third kappa shape index (κ3) is 6.78. The average molecular weight is 496 g/mol. The topological polar surface area (TPSA) is 77.3 Å². The largest absolute Gasteiger partial charge is 0.457 e. The van der Waals surface area contributed by atoms with Crippen LogP contribution in [-0.4, -0.2) is 62.0 Å². The lowest BCUT2D eigenvalue weighted by Gasteiger charge is -2.41. The minimum absolute atomic E-state index is 0.0363. The Bertz CT molecular complexity index is 957. The van der Waals surface area contributed by atoms with Gasteiger partial charge in [-0.25, -0.2) is 4.79 Å². The van der Waals surface area contributed by atoms with Gasteiger partial charge in [0.2, 0.25) is 0 Å². The van der Waals surface area contributed by atoms with Crippen molar-refractivity contribution in [2.24, 2.45) is 5.73 Å². The number of carbonyl (C=O) groups is 1. The van der Waals surface area contributed by atoms with Crippen LogP contribution in [0.5, 0.6) is 11.5 Å². The predicted octanol–water partition coefficient (Wildman–Crippen LogP) is 5.49. The SMILES string of the molecule is COCCCC[C@@]1(c2ccccc2Oc2ccccc2)CCCCN(C(=O)N2CCC[C@@H](N)C2)CO1. The number of hydrogen-bond donors (Lipinski definition) is 1. The van der Waals surface area contributed by atoms with E-state index in [-0.39, 0.29) is 18.8 Å². The number of urea groups is 1. The summed E-state index contributed by atoms with van der Waals surface area (Å²) in [7, 11) is 1.74. The Morgan fingerprint density at radius 3 is 2.61 bits per heavy atom. The number of nitrogens with two attached hydrogens (primary N) is 1. The fraction of sp³-hybridized carbons (Fsp3) is 0.552. The molecule has 36 heavy (non-hydrogen) atoms. The molecule has 2 amide bonds. The molecule has 0 aliphatic carbocycles. The predicted molar refractivity (Wildman–Crippen MR) is 141 cm³/mol. The van der Waals surface area contributed by atoms with Crippen molar-refractivity contribution in [2.75, 3.05) is 40.1 Å². The molecule has 2 fully saturated rings. The maximum Gasteiger partial charge on any atom is 0.321 e. The summed E-state index contributed by atoms with van der Waals surface area (Å²) in [6.07, 6.45) is 7.47. The maximum atomic E-state index is 13.4. The van der Waals surface area contributed by atoms with Crippen molar-refractivity contribution in [1.29, 1.82) is 0 Å². The fourth-order valence-corrected chi connectivity index (χ4v) is 5.33. The Balaban J connectivity index is 1.58. The van der Waals surface area contributed by atoms with Crippen LogP contribution < -0.4 is 10.5 Å². The van der Waals surface area contributed by atoms with E-state index in [0.717, 1.165) is 81.6 Å². The smallest absolute Gasteiger partial charge is 0.321 e. The van der Waals surface area contributed by atoms with Gasteiger partial charge in [0.15, 0.2) is 0 Å². The van der Waals surface area contributed by atoms with E-state index in [1.165, 1.54) is 0 Å². The van der Waals surface area contributed by atoms with Crippen molar-refractivity contribution in [1.82, 2.24) is 9.80 Å². The van der Waals surface area contributed by atoms with Crippen LogP contribution in [0.4, 0.5) is 4.79 Å². The molecule has 2 atom stereocenters. The van der Waals surface area contributed by atoms with Crippen LogP contribution in [0.3, 0.4) is 0 Å². The van der Waals surface area contributed by atoms with Crippen molar-refractivity contribution in [3.05, 3.63) is 60.2 Å². The van der Waals surface area contributed by atoms with Crippen LogP contribution in [0.2, 0.25) is 0 Å². The van der Waals surface area contributed by atoms with E-state index >= 15 is 0 Å². The quantitative estimate of drug-likeness (QED) is 0.490. The molecule has 2 heterocycles. The number of unbranched alkanes of at least 4 members (excludes halogenated alkanes) is 1. The van der Waals surface area contributed by atoms with Gasteiger partial charge in [0, 0.05) is 45.0 Å². The van der Waals surface area contributed by atoms with Crippen molar-refractivity contribution in [2.45, 2.75) is 63.0 Å². The molecule has 0 spiro atoms. The van der Waals surface area contributed by atoms with E-state index in [2.05, 4.69) is 6.07 Å². The number of para-hydroxylation sites is 2. The molecule has 2 aliphatic heterocycles. The number of amides is 2. The van der Waals surface area contributed by atoms with Gasteiger partial charge in [-0.05, 0) is 69.6 Å². The summed E-state index contributed by atoms with van der Waals surface area (Å²) in [5.74, 6) is 1.60. The van der Waals surface area contributed by atoms with Crippen LogP contribution >= 0.6 is 0 Å². The Labute approximate surface area is 215 Å². The maximum absolute atomic E-state index is 13.4. The third-order valence-corrected chi connectivity index (χ3v) is 7.28. The second-order valence-electron chi connectivity index (χ2n) is 9.98. The molecule has 4 rings (SSSR count). The fourth-order valence-electron chi connectivity index (χ4n) is 5.33. The highest BCUT2D eigenvalue weighted by Crippen LogP contribution is 2.43. The Kier molecular flexibility index (Phi) is 9.61. The van der Waals surface area contributed by atoms with Gasteiger partial charge in [0.05, 0.1) is 5.60 Å². The molecule has 0 unspecified atom stereocenters. The summed E-state index contributed by atoms with van der Waals surface area (Å²) in [4.78, 5) is 17.2. The highest BCUT2D eigenvalue weighted by atomic mass is 16.5. The first-order valence-electron chi connectivity index (χ1n) is 13.4. The third-order valence-electron chi connectivity index (χ3n) is 7.28. The average Bonchev–Trinajstić information content (AvgIpc) is 2.89. The molecule has 7 heteroatoms. The highest BCUT2D eigenvalue weighted by Gasteiger charge is 2.38. The number of carbonyl (C=O) groups excluding carboxylic acids is 1. The standard InChI is InChI=1S/C29H41N3O4/c1-34-21-10-8-18-29(26-15-5-6-16-27(26)36-25-13-3-2-4-14-25)17-7-9-19-32(23-35-29)28(33)31-20-11-12-24(30)22-31/h2-6,13-16,24H,7-12,17-23,30H2,1H3/t24-,29-/m1/s1. The summed E-state index contributed by atoms with van der Waals surface area (Å²) in [5.41, 5.74) is 6.66. The summed E-state index contributed by atoms with van der Waals surface area (Å²) < 4.78 is 18.5. The molecule has 2 aromatic rings. The van der Waals surface area contributed by atoms with E-state index in [4.69, 9.17) is 19.9 Å². The number of likely N-dealkylation sites (tertiary alicyclic amines) is 1. The molecule has 0 saturated carbocycles. The molecule has 2 saturated heterocycles. The van der Waals surface area contributed by atoms with Gasteiger partial charge in [-0.2, -0.15) is 0 Å². The van der Waals surface area contributed by atoms with E-state index in [1.807, 2.05) is 58.3 Å². The number of rotatable bonds is 8. The van der Waals surface area contributed by atoms with Gasteiger partial charge in [0.25, 0.3) is 0 Å². The first kappa shape index (κ1) is 26.5. The zero-order valence-corrected chi connectivity index (χ0v) is 21.6. The van der Waals surface area contributed by atoms with Crippen LogP contribution in [0.15, 0.2) is 54.6 Å². The van der Waals surface area contributed by atoms with Crippen LogP contribution in [0.1, 0.15) is 56.9 Å². The summed E-state index contributed by atoms with van der Waals surface area (Å²) in [5, 5.41) is 0. The van der Waals surface area contributed by atoms with Gasteiger partial charge < -0.3 is 29.7 Å². The Morgan fingerprint density at radius 1 is 1.03 bits per heavy atom. The molecule has 2 aromatic carbocycles. The highest BCUT2D eigenvalue weighted by molar-refractivity contribution is 5.74. The van der Waals surface area contributed by atoms with Crippen molar-refractivity contribution in [3.63, 3.8) is 0 Å². The van der Waals surface area contributed by atoms with Crippen LogP contribution in [0, 0.1) is 0 Å². The van der Waals surface area contributed by atoms with Gasteiger partial charge in [-0.3, -0.25) is 0 Å². The first-order valence-corrected chi connectivity index (χ1v) is 13.4. The van der Waals surface area contributed by atoms with Crippen LogP contribution in [-0.2, 0) is 15.1 Å². The second-order valence-corrected chi connectivity index (χ2v) is 9.98. The number of piperidine rings is 1. The minimum atomic E-state index is -0.545. The van der Waals surface area contributed by atoms with E-state index in [9.17, 15) is 4.79 Å². The molecule has 0 bridgehead atoms. The van der Waals surface area contributed by atoms with Crippen LogP contribution in [0.25, 0.3) is 0 Å². The Hall–Kier alpha value is -2.61. The van der Waals surface area contributed by atoms with E-state index in [1.54, 1.807) is 7.11 Å². The van der Waals surface area contributed by atoms with Gasteiger partial charge in [0.1, 0.15) is 18.2 Å². The normalized spacial score (nSPS) is 23.1. The molecule has 0 radical (unpaired) electrons. The van der Waals surface area contributed by atoms with Gasteiger partial charge in [-0.1, -0.05) is 36.4 Å². The van der Waals surface area contributed by atoms with Gasteiger partial charge >= 0.3 is 6.03 Å². The molecular weight excluding hydrogens is 454 g/mol. The minimum Gasteiger partial charge on any atom is -0.457 e. The number of hydrogen-bond acceptors (Lipinski definition) is 5. The van der Waals surface area contributed by atoms with Crippen molar-refractivity contribution < 1.29 is 19.0 Å². The second kappa shape index (κ2) is 13.1. The zero-order chi connectivity index (χ0) is 25.2. The number of benzene rings is 2. The molecule has 2 aliphatic rings. The van der Waals surface area contributed by atoms with Gasteiger partial charge in [-0.15, -0.1) is 0 Å². The number of methoxy groups -OCH3 is 1. The number of nitrogens with zero attached hydrogens (tertiary/aromatic N) is 2. The molecule has 196 valence electrons. The number of ether oxygens (including phenoxy) is 3. The summed E-state index contributed by atoms with van der Waals surface area (Å²) in [6.45, 7) is 3.06. The Morgan fingerprint density at radius 2 is 1.81 bits per heavy atom. The summed E-state index contributed by atoms with van der Waals surface area (Å²) in [6, 6.07) is 18.1. The lowest BCUT2D eigenvalue weighted by atomic mass is 9.82. The lowest BCUT2D eigenvalue weighted by Crippen LogP contribution is -2.52. The zero-order valence-electron chi connectivity index (χ0n) is 21.6. The van der Waals surface area contributed by atoms with E-state index < -0.39 is 5.60 Å². The molecular formula is C29H41N3O4. The monoisotopic (exact) mass is 495 g/mol.